The Bertz CT molecular complexity index is 383. The lowest BCUT2D eigenvalue weighted by atomic mass is 10.2. The van der Waals surface area contributed by atoms with E-state index in [0.717, 1.165) is 5.69 Å². The summed E-state index contributed by atoms with van der Waals surface area (Å²) in [5.74, 6) is 0.522. The van der Waals surface area contributed by atoms with Gasteiger partial charge in [-0.2, -0.15) is 0 Å². The first-order valence-electron chi connectivity index (χ1n) is 4.14. The predicted octanol–water partition coefficient (Wildman–Crippen LogP) is -0.180. The zero-order chi connectivity index (χ0) is 9.42. The van der Waals surface area contributed by atoms with E-state index >= 15 is 0 Å². The second-order valence-corrected chi connectivity index (χ2v) is 3.16. The minimum absolute atomic E-state index is 0.130. The highest BCUT2D eigenvalue weighted by atomic mass is 16.5. The molecule has 0 bridgehead atoms. The molecule has 1 unspecified atom stereocenters. The van der Waals surface area contributed by atoms with Crippen LogP contribution in [0.1, 0.15) is 30.0 Å². The molecule has 2 rings (SSSR count). The summed E-state index contributed by atoms with van der Waals surface area (Å²) >= 11 is 0. The van der Waals surface area contributed by atoms with Crippen LogP contribution in [0.25, 0.3) is 0 Å². The summed E-state index contributed by atoms with van der Waals surface area (Å²) < 4.78 is 5.11. The molecule has 1 aliphatic heterocycles. The first kappa shape index (κ1) is 8.40. The standard InChI is InChI=1S/C8H11N3O2/c1-4(9)7-10-6-3-13-2-5(6)8(12)11-7/h4H,2-3,9H2,1H3,(H,10,11,12). The molecule has 0 spiro atoms. The van der Waals surface area contributed by atoms with Crippen molar-refractivity contribution in [1.29, 1.82) is 0 Å². The maximum absolute atomic E-state index is 11.4. The first-order chi connectivity index (χ1) is 6.18. The molecule has 2 heterocycles. The third kappa shape index (κ3) is 1.36. The van der Waals surface area contributed by atoms with Crippen molar-refractivity contribution >= 4 is 0 Å². The Morgan fingerprint density at radius 3 is 3.08 bits per heavy atom. The van der Waals surface area contributed by atoms with E-state index in [1.54, 1.807) is 6.92 Å². The SMILES string of the molecule is CC(N)c1nc2c(c(=O)[nH]1)COC2. The van der Waals surface area contributed by atoms with E-state index in [1.165, 1.54) is 0 Å². The molecular weight excluding hydrogens is 170 g/mol. The van der Waals surface area contributed by atoms with Crippen LogP contribution in [0, 0.1) is 0 Å². The first-order valence-corrected chi connectivity index (χ1v) is 4.14. The highest BCUT2D eigenvalue weighted by Crippen LogP contribution is 2.14. The fourth-order valence-electron chi connectivity index (χ4n) is 1.30. The molecule has 1 aromatic heterocycles. The Labute approximate surface area is 74.9 Å². The van der Waals surface area contributed by atoms with Crippen LogP contribution in [-0.4, -0.2) is 9.97 Å². The third-order valence-electron chi connectivity index (χ3n) is 2.04. The molecule has 1 atom stereocenters. The van der Waals surface area contributed by atoms with Crippen molar-refractivity contribution in [3.05, 3.63) is 27.4 Å². The number of nitrogens with one attached hydrogen (secondary N) is 1. The van der Waals surface area contributed by atoms with E-state index < -0.39 is 0 Å². The number of ether oxygens (including phenoxy) is 1. The normalized spacial score (nSPS) is 17.1. The topological polar surface area (TPSA) is 81.0 Å². The van der Waals surface area contributed by atoms with Gasteiger partial charge in [-0.25, -0.2) is 4.98 Å². The molecule has 0 amide bonds. The Balaban J connectivity index is 2.56. The lowest BCUT2D eigenvalue weighted by Crippen LogP contribution is -2.21. The molecule has 0 aromatic carbocycles. The molecule has 0 saturated heterocycles. The zero-order valence-corrected chi connectivity index (χ0v) is 7.33. The molecule has 5 nitrogen and oxygen atoms in total. The second-order valence-electron chi connectivity index (χ2n) is 3.16. The van der Waals surface area contributed by atoms with Gasteiger partial charge in [0, 0.05) is 0 Å². The summed E-state index contributed by atoms with van der Waals surface area (Å²) in [4.78, 5) is 18.2. The van der Waals surface area contributed by atoms with Gasteiger partial charge in [0.05, 0.1) is 30.5 Å². The van der Waals surface area contributed by atoms with Gasteiger partial charge in [-0.05, 0) is 6.92 Å². The number of aromatic amines is 1. The Morgan fingerprint density at radius 2 is 2.38 bits per heavy atom. The monoisotopic (exact) mass is 181 g/mol. The number of fused-ring (bicyclic) bond motifs is 1. The minimum Gasteiger partial charge on any atom is -0.370 e. The molecule has 13 heavy (non-hydrogen) atoms. The Hall–Kier alpha value is -1.20. The number of aromatic nitrogens is 2. The van der Waals surface area contributed by atoms with Gasteiger partial charge in [0.25, 0.3) is 5.56 Å². The molecule has 0 radical (unpaired) electrons. The summed E-state index contributed by atoms with van der Waals surface area (Å²) in [6.45, 7) is 2.55. The van der Waals surface area contributed by atoms with Gasteiger partial charge in [0.1, 0.15) is 5.82 Å². The van der Waals surface area contributed by atoms with Gasteiger partial charge < -0.3 is 15.5 Å². The third-order valence-corrected chi connectivity index (χ3v) is 2.04. The highest BCUT2D eigenvalue weighted by molar-refractivity contribution is 5.19. The molecular formula is C8H11N3O2. The number of hydrogen-bond acceptors (Lipinski definition) is 4. The maximum atomic E-state index is 11.4. The number of hydrogen-bond donors (Lipinski definition) is 2. The highest BCUT2D eigenvalue weighted by Gasteiger charge is 2.18. The summed E-state index contributed by atoms with van der Waals surface area (Å²) in [6.07, 6.45) is 0. The zero-order valence-electron chi connectivity index (χ0n) is 7.33. The van der Waals surface area contributed by atoms with Crippen LogP contribution in [0.5, 0.6) is 0 Å². The van der Waals surface area contributed by atoms with E-state index in [9.17, 15) is 4.79 Å². The molecule has 0 fully saturated rings. The molecule has 0 saturated carbocycles. The van der Waals surface area contributed by atoms with Crippen molar-refractivity contribution in [3.63, 3.8) is 0 Å². The average molecular weight is 181 g/mol. The molecule has 0 aliphatic carbocycles. The van der Waals surface area contributed by atoms with Gasteiger partial charge >= 0.3 is 0 Å². The number of H-pyrrole nitrogens is 1. The van der Waals surface area contributed by atoms with E-state index in [4.69, 9.17) is 10.5 Å². The quantitative estimate of drug-likeness (QED) is 0.629. The summed E-state index contributed by atoms with van der Waals surface area (Å²) in [5, 5.41) is 0. The van der Waals surface area contributed by atoms with Crippen LogP contribution >= 0.6 is 0 Å². The molecule has 70 valence electrons. The second kappa shape index (κ2) is 2.93. The van der Waals surface area contributed by atoms with Crippen LogP contribution < -0.4 is 11.3 Å². The van der Waals surface area contributed by atoms with Crippen molar-refractivity contribution in [2.75, 3.05) is 0 Å². The van der Waals surface area contributed by atoms with E-state index in [2.05, 4.69) is 9.97 Å². The average Bonchev–Trinajstić information content (AvgIpc) is 2.51. The molecule has 1 aromatic rings. The molecule has 5 heteroatoms. The largest absolute Gasteiger partial charge is 0.370 e. The fraction of sp³-hybridized carbons (Fsp3) is 0.500. The molecule has 3 N–H and O–H groups in total. The van der Waals surface area contributed by atoms with Crippen LogP contribution in [0.15, 0.2) is 4.79 Å². The smallest absolute Gasteiger partial charge is 0.256 e. The van der Waals surface area contributed by atoms with Crippen LogP contribution in [0.3, 0.4) is 0 Å². The Morgan fingerprint density at radius 1 is 1.62 bits per heavy atom. The van der Waals surface area contributed by atoms with E-state index in [0.29, 0.717) is 24.6 Å². The van der Waals surface area contributed by atoms with Crippen LogP contribution in [0.2, 0.25) is 0 Å². The van der Waals surface area contributed by atoms with Gasteiger partial charge in [-0.3, -0.25) is 4.79 Å². The van der Waals surface area contributed by atoms with Crippen molar-refractivity contribution in [2.24, 2.45) is 5.73 Å². The van der Waals surface area contributed by atoms with Crippen molar-refractivity contribution in [2.45, 2.75) is 26.2 Å². The van der Waals surface area contributed by atoms with Crippen LogP contribution in [0.4, 0.5) is 0 Å². The number of nitrogens with two attached hydrogens (primary N) is 1. The summed E-state index contributed by atoms with van der Waals surface area (Å²) in [5.41, 5.74) is 6.82. The van der Waals surface area contributed by atoms with Gasteiger partial charge in [-0.15, -0.1) is 0 Å². The lowest BCUT2D eigenvalue weighted by molar-refractivity contribution is 0.132. The number of rotatable bonds is 1. The van der Waals surface area contributed by atoms with Crippen molar-refractivity contribution < 1.29 is 4.74 Å². The van der Waals surface area contributed by atoms with Crippen molar-refractivity contribution in [1.82, 2.24) is 9.97 Å². The fourth-order valence-corrected chi connectivity index (χ4v) is 1.30. The van der Waals surface area contributed by atoms with Crippen molar-refractivity contribution in [3.8, 4) is 0 Å². The summed E-state index contributed by atoms with van der Waals surface area (Å²) in [6, 6.07) is -0.251. The predicted molar refractivity (Wildman–Crippen MR) is 46.0 cm³/mol. The minimum atomic E-state index is -0.251. The maximum Gasteiger partial charge on any atom is 0.256 e. The summed E-state index contributed by atoms with van der Waals surface area (Å²) in [7, 11) is 0. The Kier molecular flexibility index (Phi) is 1.90. The van der Waals surface area contributed by atoms with Gasteiger partial charge in [0.15, 0.2) is 0 Å². The van der Waals surface area contributed by atoms with Gasteiger partial charge in [0.2, 0.25) is 0 Å². The van der Waals surface area contributed by atoms with E-state index in [-0.39, 0.29) is 11.6 Å². The molecule has 1 aliphatic rings. The van der Waals surface area contributed by atoms with Crippen LogP contribution in [-0.2, 0) is 18.0 Å². The lowest BCUT2D eigenvalue weighted by Gasteiger charge is -2.05. The number of nitrogens with zero attached hydrogens (tertiary/aromatic N) is 1. The van der Waals surface area contributed by atoms with Gasteiger partial charge in [-0.1, -0.05) is 0 Å². The van der Waals surface area contributed by atoms with E-state index in [1.807, 2.05) is 0 Å².